The number of rotatable bonds is 16. The van der Waals surface area contributed by atoms with Crippen molar-refractivity contribution in [1.29, 1.82) is 0 Å². The Kier molecular flexibility index (Phi) is 19.2. The van der Waals surface area contributed by atoms with Crippen LogP contribution in [0.4, 0.5) is 0 Å². The number of halogens is 1. The third kappa shape index (κ3) is 14.1. The third-order valence-electron chi connectivity index (χ3n) is 13.4. The molecule has 4 unspecified atom stereocenters. The number of nitrogens with one attached hydrogen (secondary N) is 6. The minimum absolute atomic E-state index is 0.00141. The molecule has 0 aliphatic carbocycles. The second-order valence-electron chi connectivity index (χ2n) is 18.6. The number of amides is 6. The highest BCUT2D eigenvalue weighted by Crippen LogP contribution is 2.28. The van der Waals surface area contributed by atoms with Gasteiger partial charge >= 0.3 is 0 Å². The fourth-order valence-electron chi connectivity index (χ4n) is 9.48. The average molecular weight is 1150 g/mol. The first kappa shape index (κ1) is 54.0. The summed E-state index contributed by atoms with van der Waals surface area (Å²) < 4.78 is 16.7. The number of hydrogen-bond acceptors (Lipinski definition) is 9. The van der Waals surface area contributed by atoms with E-state index in [1.165, 1.54) is 4.90 Å². The molecule has 2 fully saturated rings. The number of hydrogen-bond donors (Lipinski definition) is 6. The van der Waals surface area contributed by atoms with Gasteiger partial charge in [0.25, 0.3) is 0 Å². The van der Waals surface area contributed by atoms with Crippen molar-refractivity contribution in [2.24, 2.45) is 0 Å². The lowest BCUT2D eigenvalue weighted by atomic mass is 9.99. The van der Waals surface area contributed by atoms with Crippen LogP contribution in [0.3, 0.4) is 0 Å². The van der Waals surface area contributed by atoms with Gasteiger partial charge in [-0.25, -0.2) is 0 Å². The van der Waals surface area contributed by atoms with Crippen molar-refractivity contribution in [3.63, 3.8) is 0 Å². The SMILES string of the molecule is O=C1N[C@H](CCCCNI)C(=O)N[C@H](Cc2ccc(OCc3ccccc3)cc2)C(=O)N[C@H](Cc2ccccc2)C(=O)N2CC(OP)C[C@H]2C(=O)N[C@H](c2ccccc2)C(=O)NC1Cc1cn(P)c2ccccc12. The van der Waals surface area contributed by atoms with Crippen LogP contribution < -0.4 is 34.9 Å². The molecule has 6 N–H and O–H groups in total. The summed E-state index contributed by atoms with van der Waals surface area (Å²) in [5.74, 6) is -3.20. The smallest absolute Gasteiger partial charge is 0.247 e. The fraction of sp³-hybridized carbons (Fsp3) is 0.309. The first-order valence-electron chi connectivity index (χ1n) is 24.7. The number of para-hydroxylation sites is 1. The van der Waals surface area contributed by atoms with Crippen molar-refractivity contribution in [3.8, 4) is 5.75 Å². The van der Waals surface area contributed by atoms with Crippen molar-refractivity contribution in [2.45, 2.75) is 93.9 Å². The van der Waals surface area contributed by atoms with Crippen molar-refractivity contribution in [1.82, 2.24) is 39.4 Å². The van der Waals surface area contributed by atoms with Gasteiger partial charge in [-0.1, -0.05) is 121 Å². The number of benzene rings is 5. The summed E-state index contributed by atoms with van der Waals surface area (Å²) in [6, 6.07) is 35.1. The summed E-state index contributed by atoms with van der Waals surface area (Å²) in [6.45, 7) is 0.993. The average Bonchev–Trinajstić information content (AvgIpc) is 4.01. The predicted octanol–water partition coefficient (Wildman–Crippen LogP) is 5.58. The van der Waals surface area contributed by atoms with Crippen LogP contribution in [-0.4, -0.2) is 94.1 Å². The van der Waals surface area contributed by atoms with E-state index >= 15 is 9.59 Å². The molecular weight excluding hydrogens is 1090 g/mol. The van der Waals surface area contributed by atoms with Crippen LogP contribution in [0.5, 0.6) is 5.75 Å². The minimum Gasteiger partial charge on any atom is -0.489 e. The van der Waals surface area contributed by atoms with Gasteiger partial charge in [0, 0.05) is 82.7 Å². The lowest BCUT2D eigenvalue weighted by molar-refractivity contribution is -0.143. The number of fused-ring (bicyclic) bond motifs is 2. The highest BCUT2D eigenvalue weighted by atomic mass is 127. The molecule has 2 saturated heterocycles. The fourth-order valence-corrected chi connectivity index (χ4v) is 10.5. The van der Waals surface area contributed by atoms with Crippen LogP contribution in [0.25, 0.3) is 10.9 Å². The molecule has 0 bridgehead atoms. The van der Waals surface area contributed by atoms with Gasteiger partial charge in [-0.3, -0.25) is 32.3 Å². The van der Waals surface area contributed by atoms with Gasteiger partial charge in [0.05, 0.1) is 11.6 Å². The maximum absolute atomic E-state index is 15.1. The number of ether oxygens (including phenoxy) is 1. The number of carbonyl (C=O) groups is 6. The number of nitrogens with zero attached hydrogens (tertiary/aromatic N) is 2. The molecule has 19 heteroatoms. The molecule has 9 atom stereocenters. The molecule has 2 aliphatic rings. The second kappa shape index (κ2) is 26.3. The molecule has 3 heterocycles. The molecule has 74 heavy (non-hydrogen) atoms. The highest BCUT2D eigenvalue weighted by Gasteiger charge is 2.44. The number of aromatic nitrogens is 1. The van der Waals surface area contributed by atoms with E-state index in [4.69, 9.17) is 9.26 Å². The van der Waals surface area contributed by atoms with Crippen LogP contribution in [0.2, 0.25) is 0 Å². The van der Waals surface area contributed by atoms with Crippen LogP contribution >= 0.6 is 41.7 Å². The molecule has 2 aliphatic heterocycles. The van der Waals surface area contributed by atoms with Gasteiger partial charge in [-0.2, -0.15) is 0 Å². The van der Waals surface area contributed by atoms with Crippen LogP contribution in [-0.2, 0) is 59.2 Å². The largest absolute Gasteiger partial charge is 0.489 e. The maximum atomic E-state index is 15.1. The summed E-state index contributed by atoms with van der Waals surface area (Å²) in [7, 11) is 4.85. The summed E-state index contributed by atoms with van der Waals surface area (Å²) >= 11 is 2.06. The van der Waals surface area contributed by atoms with Gasteiger partial charge in [0.2, 0.25) is 35.4 Å². The van der Waals surface area contributed by atoms with E-state index in [9.17, 15) is 19.2 Å². The molecule has 16 nitrogen and oxygen atoms in total. The molecule has 1 aromatic heterocycles. The Morgan fingerprint density at radius 1 is 0.595 bits per heavy atom. The number of unbranched alkanes of at least 4 members (excludes halogenated alkanes) is 1. The van der Waals surface area contributed by atoms with Crippen LogP contribution in [0.15, 0.2) is 146 Å². The summed E-state index contributed by atoms with van der Waals surface area (Å²) in [6.07, 6.45) is 2.79. The molecule has 0 radical (unpaired) electrons. The topological polar surface area (TPSA) is 201 Å². The molecule has 8 rings (SSSR count). The maximum Gasteiger partial charge on any atom is 0.247 e. The van der Waals surface area contributed by atoms with E-state index in [0.29, 0.717) is 42.9 Å². The Labute approximate surface area is 449 Å². The van der Waals surface area contributed by atoms with Crippen molar-refractivity contribution < 1.29 is 38.0 Å². The van der Waals surface area contributed by atoms with E-state index in [1.807, 2.05) is 108 Å². The predicted molar refractivity (Wildman–Crippen MR) is 297 cm³/mol. The van der Waals surface area contributed by atoms with Crippen molar-refractivity contribution >= 4 is 88.1 Å². The van der Waals surface area contributed by atoms with E-state index in [1.54, 1.807) is 42.5 Å². The van der Waals surface area contributed by atoms with Gasteiger partial charge in [0.1, 0.15) is 48.6 Å². The third-order valence-corrected chi connectivity index (χ3v) is 14.7. The van der Waals surface area contributed by atoms with Gasteiger partial charge in [-0.05, 0) is 74.7 Å². The monoisotopic (exact) mass is 1150 g/mol. The Morgan fingerprint density at radius 3 is 1.85 bits per heavy atom. The highest BCUT2D eigenvalue weighted by molar-refractivity contribution is 14.1. The molecule has 386 valence electrons. The molecular formula is C55H61IN8O8P2. The van der Waals surface area contributed by atoms with E-state index in [2.05, 4.69) is 71.8 Å². The lowest BCUT2D eigenvalue weighted by Crippen LogP contribution is -2.61. The van der Waals surface area contributed by atoms with E-state index < -0.39 is 77.8 Å². The zero-order valence-corrected chi connectivity index (χ0v) is 45.1. The molecule has 6 amide bonds. The van der Waals surface area contributed by atoms with Crippen molar-refractivity contribution in [3.05, 3.63) is 174 Å². The Bertz CT molecular complexity index is 2880. The Hall–Kier alpha value is -6.23. The Balaban J connectivity index is 1.19. The molecule has 5 aromatic carbocycles. The van der Waals surface area contributed by atoms with Crippen LogP contribution in [0.1, 0.15) is 59.5 Å². The quantitative estimate of drug-likeness (QED) is 0.0310. The number of carbonyl (C=O) groups excluding carboxylic acids is 6. The Morgan fingerprint density at radius 2 is 1.16 bits per heavy atom. The zero-order chi connectivity index (χ0) is 52.0. The second-order valence-corrected chi connectivity index (χ2v) is 20.2. The molecule has 0 saturated carbocycles. The first-order valence-corrected chi connectivity index (χ1v) is 26.7. The van der Waals surface area contributed by atoms with Crippen LogP contribution in [0, 0.1) is 0 Å². The normalized spacial score (nSPS) is 22.1. The minimum atomic E-state index is -1.32. The van der Waals surface area contributed by atoms with Gasteiger partial charge in [0.15, 0.2) is 0 Å². The molecule has 6 aromatic rings. The zero-order valence-electron chi connectivity index (χ0n) is 40.7. The molecule has 0 spiro atoms. The first-order chi connectivity index (χ1) is 36.0. The van der Waals surface area contributed by atoms with Crippen molar-refractivity contribution in [2.75, 3.05) is 13.1 Å². The summed E-state index contributed by atoms with van der Waals surface area (Å²) in [5.41, 5.74) is 4.46. The van der Waals surface area contributed by atoms with Gasteiger partial charge in [-0.15, -0.1) is 0 Å². The standard InChI is InChI=1S/C55H61IN8O8P2/c56-57-27-13-12-21-43-50(65)59-44(28-36-23-25-40(26-24-36)71-34-37-16-6-2-7-17-37)51(66)61-46(29-35-14-4-1-5-15-35)55(70)63-33-41(72-74)31-48(63)53(68)62-49(38-18-8-3-9-19-38)54(69)60-45(52(67)58-43)30-39-32-64(73)47-22-11-10-20-42(39)47/h1-11,14-20,22-26,32,41,43-46,48-49,57H,12-13,21,27-31,33-34,73-74H2,(H,58,67)(H,59,65)(H,60,69)(H,61,66)(H,62,68)/t41?,43-,44-,45?,46-,48+,49-/m1/s1. The van der Waals surface area contributed by atoms with E-state index in [0.717, 1.165) is 27.6 Å². The lowest BCUT2D eigenvalue weighted by Gasteiger charge is -2.32. The van der Waals surface area contributed by atoms with E-state index in [-0.39, 0.29) is 38.6 Å². The summed E-state index contributed by atoms with van der Waals surface area (Å²) in [5, 5.41) is 15.7. The van der Waals surface area contributed by atoms with Gasteiger partial charge < -0.3 is 45.1 Å². The summed E-state index contributed by atoms with van der Waals surface area (Å²) in [4.78, 5) is 91.1.